The van der Waals surface area contributed by atoms with Gasteiger partial charge in [-0.15, -0.1) is 0 Å². The van der Waals surface area contributed by atoms with Crippen molar-refractivity contribution in [2.24, 2.45) is 0 Å². The number of aliphatic hydroxyl groups excluding tert-OH is 1. The molecule has 0 saturated heterocycles. The molecular formula is C43H84N2O2. The zero-order valence-electron chi connectivity index (χ0n) is 32.4. The van der Waals surface area contributed by atoms with Crippen molar-refractivity contribution >= 4 is 0 Å². The monoisotopic (exact) mass is 661 g/mol. The molecule has 0 amide bonds. The Hall–Kier alpha value is -1.10. The number of hydrogen-bond donors (Lipinski definition) is 2. The topological polar surface area (TPSA) is 44.7 Å². The third-order valence-electron chi connectivity index (χ3n) is 9.13. The summed E-state index contributed by atoms with van der Waals surface area (Å²) in [5, 5.41) is 12.7. The summed E-state index contributed by atoms with van der Waals surface area (Å²) in [7, 11) is 4.27. The summed E-state index contributed by atoms with van der Waals surface area (Å²) in [5.74, 6) is 1.20. The molecule has 0 radical (unpaired) electrons. The molecule has 4 heteroatoms. The second-order valence-corrected chi connectivity index (χ2v) is 14.3. The molecule has 0 aromatic heterocycles. The molecule has 0 aliphatic carbocycles. The smallest absolute Gasteiger partial charge is 0.0977 e. The summed E-state index contributed by atoms with van der Waals surface area (Å²) in [6.45, 7) is 7.92. The third kappa shape index (κ3) is 36.0. The molecule has 0 atom stereocenters. The minimum absolute atomic E-state index is 0.176. The van der Waals surface area contributed by atoms with Gasteiger partial charge in [-0.2, -0.15) is 0 Å². The number of nitrogens with zero attached hydrogens (tertiary/aromatic N) is 1. The van der Waals surface area contributed by atoms with Gasteiger partial charge in [0.05, 0.1) is 19.0 Å². The number of nitrogens with one attached hydrogen (secondary N) is 1. The number of rotatable bonds is 38. The Balaban J connectivity index is 4.22. The summed E-state index contributed by atoms with van der Waals surface area (Å²) in [5.41, 5.74) is 1.35. The molecule has 0 fully saturated rings. The van der Waals surface area contributed by atoms with Gasteiger partial charge >= 0.3 is 0 Å². The zero-order chi connectivity index (χ0) is 34.3. The molecule has 4 nitrogen and oxygen atoms in total. The predicted octanol–water partition coefficient (Wildman–Crippen LogP) is 12.5. The van der Waals surface area contributed by atoms with E-state index in [1.165, 1.54) is 178 Å². The van der Waals surface area contributed by atoms with Gasteiger partial charge < -0.3 is 20.1 Å². The normalized spacial score (nSPS) is 12.6. The highest BCUT2D eigenvalue weighted by Gasteiger charge is 2.10. The molecule has 0 aromatic carbocycles. The van der Waals surface area contributed by atoms with Gasteiger partial charge in [-0.05, 0) is 83.9 Å². The lowest BCUT2D eigenvalue weighted by Crippen LogP contribution is -2.27. The molecule has 0 rings (SSSR count). The first kappa shape index (κ1) is 45.9. The Morgan fingerprint density at radius 1 is 0.553 bits per heavy atom. The number of ether oxygens (including phenoxy) is 1. The Morgan fingerprint density at radius 3 is 1.38 bits per heavy atom. The van der Waals surface area contributed by atoms with E-state index in [0.717, 1.165) is 32.5 Å². The fourth-order valence-electron chi connectivity index (χ4n) is 6.19. The van der Waals surface area contributed by atoms with Gasteiger partial charge in [0.25, 0.3) is 0 Å². The molecule has 0 spiro atoms. The van der Waals surface area contributed by atoms with E-state index in [9.17, 15) is 5.11 Å². The molecule has 0 aliphatic rings. The van der Waals surface area contributed by atoms with Crippen molar-refractivity contribution in [3.05, 3.63) is 35.6 Å². The second kappa shape index (κ2) is 39.3. The molecule has 0 aliphatic heterocycles. The quantitative estimate of drug-likeness (QED) is 0.0393. The Bertz CT molecular complexity index is 700. The van der Waals surface area contributed by atoms with Crippen molar-refractivity contribution in [3.8, 4) is 0 Å². The summed E-state index contributed by atoms with van der Waals surface area (Å²) < 4.78 is 6.51. The van der Waals surface area contributed by atoms with Gasteiger partial charge in [0.15, 0.2) is 0 Å². The predicted molar refractivity (Wildman–Crippen MR) is 210 cm³/mol. The van der Waals surface area contributed by atoms with Crippen LogP contribution in [0.2, 0.25) is 0 Å². The van der Waals surface area contributed by atoms with Crippen LogP contribution in [0.3, 0.4) is 0 Å². The van der Waals surface area contributed by atoms with Gasteiger partial charge in [0.2, 0.25) is 0 Å². The standard InChI is InChI=1S/C43H84N2O2/c1-5-7-9-11-13-15-17-19-21-23-25-27-29-31-33-35-39-47-43(42(41-45(3)4)40-44-37-38-46)36-34-32-30-28-26-24-22-20-18-16-14-12-10-8-6-2/h19-22,44,46H,5-18,23-41H2,1-4H3/b21-19-,22-20-,43-42?. The van der Waals surface area contributed by atoms with E-state index in [1.54, 1.807) is 0 Å². The van der Waals surface area contributed by atoms with Crippen molar-refractivity contribution in [3.63, 3.8) is 0 Å². The van der Waals surface area contributed by atoms with Crippen LogP contribution in [0.5, 0.6) is 0 Å². The van der Waals surface area contributed by atoms with E-state index in [0.29, 0.717) is 6.54 Å². The number of aliphatic hydroxyl groups is 1. The molecule has 0 aromatic rings. The fourth-order valence-corrected chi connectivity index (χ4v) is 6.19. The van der Waals surface area contributed by atoms with Crippen LogP contribution in [0.1, 0.15) is 194 Å². The number of unbranched alkanes of at least 4 members (excludes halogenated alkanes) is 23. The van der Waals surface area contributed by atoms with Crippen molar-refractivity contribution in [1.29, 1.82) is 0 Å². The molecule has 2 N–H and O–H groups in total. The van der Waals surface area contributed by atoms with E-state index < -0.39 is 0 Å². The second-order valence-electron chi connectivity index (χ2n) is 14.3. The highest BCUT2D eigenvalue weighted by molar-refractivity contribution is 5.13. The van der Waals surface area contributed by atoms with E-state index in [2.05, 4.69) is 62.5 Å². The van der Waals surface area contributed by atoms with Crippen molar-refractivity contribution in [1.82, 2.24) is 10.2 Å². The van der Waals surface area contributed by atoms with Crippen molar-refractivity contribution < 1.29 is 9.84 Å². The lowest BCUT2D eigenvalue weighted by Gasteiger charge is -2.20. The summed E-state index contributed by atoms with van der Waals surface area (Å²) in [4.78, 5) is 2.24. The molecule has 0 bridgehead atoms. The highest BCUT2D eigenvalue weighted by Crippen LogP contribution is 2.19. The van der Waals surface area contributed by atoms with Gasteiger partial charge in [-0.25, -0.2) is 0 Å². The Morgan fingerprint density at radius 2 is 0.957 bits per heavy atom. The number of allylic oxidation sites excluding steroid dienone is 5. The number of likely N-dealkylation sites (N-methyl/N-ethyl adjacent to an activating group) is 1. The van der Waals surface area contributed by atoms with Crippen LogP contribution in [-0.2, 0) is 4.74 Å². The zero-order valence-corrected chi connectivity index (χ0v) is 32.4. The van der Waals surface area contributed by atoms with Crippen LogP contribution in [0.25, 0.3) is 0 Å². The minimum atomic E-state index is 0.176. The van der Waals surface area contributed by atoms with Crippen molar-refractivity contribution in [2.75, 3.05) is 46.9 Å². The van der Waals surface area contributed by atoms with Crippen LogP contribution in [0.15, 0.2) is 35.6 Å². The molecular weight excluding hydrogens is 576 g/mol. The average molecular weight is 661 g/mol. The molecule has 0 unspecified atom stereocenters. The van der Waals surface area contributed by atoms with Gasteiger partial charge in [-0.3, -0.25) is 0 Å². The van der Waals surface area contributed by atoms with Crippen LogP contribution in [-0.4, -0.2) is 56.9 Å². The summed E-state index contributed by atoms with van der Waals surface area (Å²) >= 11 is 0. The van der Waals surface area contributed by atoms with E-state index in [4.69, 9.17) is 4.74 Å². The first-order valence-electron chi connectivity index (χ1n) is 20.8. The lowest BCUT2D eigenvalue weighted by atomic mass is 10.1. The van der Waals surface area contributed by atoms with E-state index in [1.807, 2.05) is 0 Å². The Kier molecular flexibility index (Phi) is 38.4. The largest absolute Gasteiger partial charge is 0.498 e. The summed E-state index contributed by atoms with van der Waals surface area (Å²) in [6, 6.07) is 0. The number of hydrogen-bond acceptors (Lipinski definition) is 4. The summed E-state index contributed by atoms with van der Waals surface area (Å²) in [6.07, 6.45) is 46.6. The van der Waals surface area contributed by atoms with E-state index in [-0.39, 0.29) is 6.61 Å². The molecule has 278 valence electrons. The maximum Gasteiger partial charge on any atom is 0.0977 e. The SMILES string of the molecule is CCCCCCCC/C=C\CCCCCCCCOC(CCCCCCC/C=C\CCCCCCCC)=C(CNCCO)CN(C)C. The van der Waals surface area contributed by atoms with Crippen LogP contribution < -0.4 is 5.32 Å². The van der Waals surface area contributed by atoms with Gasteiger partial charge in [-0.1, -0.05) is 147 Å². The third-order valence-corrected chi connectivity index (χ3v) is 9.13. The maximum atomic E-state index is 9.29. The van der Waals surface area contributed by atoms with Crippen LogP contribution in [0, 0.1) is 0 Å². The molecule has 0 heterocycles. The molecule has 47 heavy (non-hydrogen) atoms. The van der Waals surface area contributed by atoms with Gasteiger partial charge in [0, 0.05) is 26.1 Å². The lowest BCUT2D eigenvalue weighted by molar-refractivity contribution is 0.186. The Labute approximate surface area is 295 Å². The molecule has 0 saturated carbocycles. The minimum Gasteiger partial charge on any atom is -0.498 e. The highest BCUT2D eigenvalue weighted by atomic mass is 16.5. The van der Waals surface area contributed by atoms with Crippen LogP contribution in [0.4, 0.5) is 0 Å². The van der Waals surface area contributed by atoms with Crippen LogP contribution >= 0.6 is 0 Å². The van der Waals surface area contributed by atoms with E-state index >= 15 is 0 Å². The maximum absolute atomic E-state index is 9.29. The van der Waals surface area contributed by atoms with Gasteiger partial charge in [0.1, 0.15) is 0 Å². The first-order valence-corrected chi connectivity index (χ1v) is 20.8. The average Bonchev–Trinajstić information content (AvgIpc) is 3.06. The first-order chi connectivity index (χ1) is 23.2. The fraction of sp³-hybridized carbons (Fsp3) is 0.860. The van der Waals surface area contributed by atoms with Crippen molar-refractivity contribution in [2.45, 2.75) is 194 Å².